The molecule has 2 heterocycles. The van der Waals surface area contributed by atoms with Crippen LogP contribution in [-0.2, 0) is 0 Å². The third kappa shape index (κ3) is 2.82. The summed E-state index contributed by atoms with van der Waals surface area (Å²) in [7, 11) is 0. The number of halogens is 1. The van der Waals surface area contributed by atoms with Gasteiger partial charge in [0.2, 0.25) is 0 Å². The molecule has 1 aliphatic rings. The summed E-state index contributed by atoms with van der Waals surface area (Å²) in [6, 6.07) is 4.57. The Morgan fingerprint density at radius 2 is 2.36 bits per heavy atom. The van der Waals surface area contributed by atoms with Crippen LogP contribution in [0, 0.1) is 5.82 Å². The van der Waals surface area contributed by atoms with Gasteiger partial charge in [0.15, 0.2) is 5.13 Å². The molecule has 8 heteroatoms. The first-order chi connectivity index (χ1) is 10.5. The van der Waals surface area contributed by atoms with Gasteiger partial charge < -0.3 is 15.7 Å². The molecular weight excluding hydrogens is 307 g/mol. The van der Waals surface area contributed by atoms with Crippen molar-refractivity contribution >= 4 is 33.9 Å². The number of carboxylic acid groups (broad SMARTS) is 1. The van der Waals surface area contributed by atoms with Crippen LogP contribution >= 0.6 is 11.3 Å². The summed E-state index contributed by atoms with van der Waals surface area (Å²) in [5.74, 6) is -0.594. The lowest BCUT2D eigenvalue weighted by atomic mass is 10.1. The first-order valence-corrected chi connectivity index (χ1v) is 7.69. The van der Waals surface area contributed by atoms with Crippen LogP contribution in [0.15, 0.2) is 23.6 Å². The molecule has 0 radical (unpaired) electrons. The average Bonchev–Trinajstić information content (AvgIpc) is 3.09. The monoisotopic (exact) mass is 322 g/mol. The average molecular weight is 322 g/mol. The molecule has 22 heavy (non-hydrogen) atoms. The van der Waals surface area contributed by atoms with Gasteiger partial charge in [0.05, 0.1) is 17.4 Å². The summed E-state index contributed by atoms with van der Waals surface area (Å²) < 4.78 is 14.0. The van der Waals surface area contributed by atoms with Gasteiger partial charge in [-0.25, -0.2) is 14.2 Å². The van der Waals surface area contributed by atoms with Crippen molar-refractivity contribution in [2.75, 3.05) is 22.5 Å². The highest BCUT2D eigenvalue weighted by atomic mass is 32.1. The number of amides is 1. The molecule has 1 saturated heterocycles. The van der Waals surface area contributed by atoms with E-state index in [1.807, 2.05) is 10.7 Å². The molecular formula is C14H15FN4O2S. The van der Waals surface area contributed by atoms with Gasteiger partial charge in [-0.3, -0.25) is 5.32 Å². The van der Waals surface area contributed by atoms with E-state index in [1.165, 1.54) is 23.5 Å². The van der Waals surface area contributed by atoms with Gasteiger partial charge in [0.1, 0.15) is 5.82 Å². The Morgan fingerprint density at radius 3 is 3.00 bits per heavy atom. The van der Waals surface area contributed by atoms with Crippen LogP contribution in [0.2, 0.25) is 0 Å². The summed E-state index contributed by atoms with van der Waals surface area (Å²) in [6.07, 6.45) is 0.627. The van der Waals surface area contributed by atoms with Crippen LogP contribution in [0.4, 0.5) is 25.7 Å². The zero-order valence-corrected chi connectivity index (χ0v) is 12.4. The summed E-state index contributed by atoms with van der Waals surface area (Å²) in [6.45, 7) is 0.799. The molecule has 6 nitrogen and oxygen atoms in total. The molecule has 1 aliphatic heterocycles. The Hall–Kier alpha value is -2.35. The number of aromatic nitrogens is 1. The van der Waals surface area contributed by atoms with Gasteiger partial charge in [-0.05, 0) is 31.0 Å². The molecule has 0 aliphatic carbocycles. The second kappa shape index (κ2) is 5.80. The second-order valence-electron chi connectivity index (χ2n) is 5.06. The van der Waals surface area contributed by atoms with E-state index in [-0.39, 0.29) is 11.7 Å². The number of nitrogens with one attached hydrogen (secondary N) is 1. The molecule has 4 N–H and O–H groups in total. The van der Waals surface area contributed by atoms with Crippen LogP contribution in [-0.4, -0.2) is 22.7 Å². The molecule has 0 bridgehead atoms. The molecule has 1 fully saturated rings. The van der Waals surface area contributed by atoms with E-state index in [4.69, 9.17) is 10.8 Å². The number of nitrogen functional groups attached to an aromatic ring is 1. The number of thiazole rings is 1. The van der Waals surface area contributed by atoms with Crippen molar-refractivity contribution in [2.24, 2.45) is 0 Å². The van der Waals surface area contributed by atoms with Crippen molar-refractivity contribution in [3.8, 4) is 0 Å². The van der Waals surface area contributed by atoms with Gasteiger partial charge in [0.25, 0.3) is 0 Å². The predicted octanol–water partition coefficient (Wildman–Crippen LogP) is 3.30. The van der Waals surface area contributed by atoms with Crippen molar-refractivity contribution < 1.29 is 14.3 Å². The van der Waals surface area contributed by atoms with Gasteiger partial charge >= 0.3 is 6.09 Å². The third-order valence-corrected chi connectivity index (χ3v) is 4.35. The van der Waals surface area contributed by atoms with Crippen LogP contribution in [0.25, 0.3) is 0 Å². The van der Waals surface area contributed by atoms with Crippen LogP contribution in [0.5, 0.6) is 0 Å². The van der Waals surface area contributed by atoms with Crippen molar-refractivity contribution in [3.05, 3.63) is 35.1 Å². The molecule has 1 aromatic heterocycles. The summed E-state index contributed by atoms with van der Waals surface area (Å²) in [5, 5.41) is 13.1. The Kier molecular flexibility index (Phi) is 3.84. The maximum atomic E-state index is 14.0. The number of rotatable bonds is 3. The summed E-state index contributed by atoms with van der Waals surface area (Å²) >= 11 is 1.39. The van der Waals surface area contributed by atoms with Crippen LogP contribution in [0.1, 0.15) is 24.6 Å². The first-order valence-electron chi connectivity index (χ1n) is 6.81. The Labute approximate surface area is 130 Å². The van der Waals surface area contributed by atoms with E-state index < -0.39 is 11.9 Å². The minimum atomic E-state index is -1.29. The lowest BCUT2D eigenvalue weighted by Gasteiger charge is -2.26. The van der Waals surface area contributed by atoms with Gasteiger partial charge in [-0.1, -0.05) is 0 Å². The standard InChI is InChI=1S/C14H15FN4O2S/c15-9-6-8(3-4-10(9)18-14(20)21)19-5-1-2-12(19)11-7-22-13(16)17-11/h3-4,6-7,12,18H,1-2,5H2,(H2,16,17)(H,20,21)/t12-/m1/s1. The Morgan fingerprint density at radius 1 is 1.55 bits per heavy atom. The fraction of sp³-hybridized carbons (Fsp3) is 0.286. The number of nitrogens with zero attached hydrogens (tertiary/aromatic N) is 2. The number of anilines is 3. The number of hydrogen-bond acceptors (Lipinski definition) is 5. The van der Waals surface area contributed by atoms with Crippen LogP contribution in [0.3, 0.4) is 0 Å². The van der Waals surface area contributed by atoms with Crippen molar-refractivity contribution in [3.63, 3.8) is 0 Å². The Bertz CT molecular complexity index is 706. The van der Waals surface area contributed by atoms with E-state index in [2.05, 4.69) is 9.88 Å². The van der Waals surface area contributed by atoms with Crippen molar-refractivity contribution in [1.29, 1.82) is 0 Å². The van der Waals surface area contributed by atoms with Crippen molar-refractivity contribution in [1.82, 2.24) is 4.98 Å². The molecule has 116 valence electrons. The first kappa shape index (κ1) is 14.6. The fourth-order valence-corrected chi connectivity index (χ4v) is 3.35. The van der Waals surface area contributed by atoms with E-state index >= 15 is 0 Å². The lowest BCUT2D eigenvalue weighted by molar-refractivity contribution is 0.209. The molecule has 0 unspecified atom stereocenters. The van der Waals surface area contributed by atoms with Crippen LogP contribution < -0.4 is 16.0 Å². The van der Waals surface area contributed by atoms with Gasteiger partial charge in [0, 0.05) is 17.6 Å². The summed E-state index contributed by atoms with van der Waals surface area (Å²) in [5.41, 5.74) is 7.24. The molecule has 0 spiro atoms. The van der Waals surface area contributed by atoms with E-state index in [0.717, 1.165) is 25.1 Å². The highest BCUT2D eigenvalue weighted by molar-refractivity contribution is 7.13. The number of nitrogens with two attached hydrogens (primary N) is 1. The second-order valence-corrected chi connectivity index (χ2v) is 5.95. The fourth-order valence-electron chi connectivity index (χ4n) is 2.74. The van der Waals surface area contributed by atoms with Gasteiger partial charge in [-0.2, -0.15) is 0 Å². The molecule has 2 aromatic rings. The maximum absolute atomic E-state index is 14.0. The van der Waals surface area contributed by atoms with Gasteiger partial charge in [-0.15, -0.1) is 11.3 Å². The number of benzene rings is 1. The van der Waals surface area contributed by atoms with Crippen molar-refractivity contribution in [2.45, 2.75) is 18.9 Å². The molecule has 1 aromatic carbocycles. The SMILES string of the molecule is Nc1nc([C@H]2CCCN2c2ccc(NC(=O)O)c(F)c2)cs1. The highest BCUT2D eigenvalue weighted by Gasteiger charge is 2.28. The highest BCUT2D eigenvalue weighted by Crippen LogP contribution is 2.37. The quantitative estimate of drug-likeness (QED) is 0.806. The lowest BCUT2D eigenvalue weighted by Crippen LogP contribution is -2.23. The number of carbonyl (C=O) groups is 1. The Balaban J connectivity index is 1.86. The van der Waals surface area contributed by atoms with E-state index in [0.29, 0.717) is 10.8 Å². The molecule has 3 rings (SSSR count). The molecule has 1 amide bonds. The number of hydrogen-bond donors (Lipinski definition) is 3. The third-order valence-electron chi connectivity index (χ3n) is 3.66. The molecule has 0 saturated carbocycles. The molecule has 1 atom stereocenters. The predicted molar refractivity (Wildman–Crippen MR) is 83.9 cm³/mol. The van der Waals surface area contributed by atoms with E-state index in [1.54, 1.807) is 6.07 Å². The zero-order valence-electron chi connectivity index (χ0n) is 11.6. The topological polar surface area (TPSA) is 91.5 Å². The minimum absolute atomic E-state index is 0.0510. The normalized spacial score (nSPS) is 17.7. The zero-order chi connectivity index (χ0) is 15.7. The minimum Gasteiger partial charge on any atom is -0.465 e. The maximum Gasteiger partial charge on any atom is 0.409 e. The summed E-state index contributed by atoms with van der Waals surface area (Å²) in [4.78, 5) is 17.0. The smallest absolute Gasteiger partial charge is 0.409 e. The largest absolute Gasteiger partial charge is 0.465 e. The van der Waals surface area contributed by atoms with E-state index in [9.17, 15) is 9.18 Å².